The van der Waals surface area contributed by atoms with Crippen LogP contribution >= 0.6 is 0 Å². The summed E-state index contributed by atoms with van der Waals surface area (Å²) in [7, 11) is 1.77. The zero-order valence-electron chi connectivity index (χ0n) is 9.28. The third-order valence-corrected chi connectivity index (χ3v) is 2.44. The van der Waals surface area contributed by atoms with Crippen LogP contribution in [-0.4, -0.2) is 36.0 Å². The SMILES string of the molecule is CNc1cc(C(=O)NCC=O)cc2[nH]ncc12. The van der Waals surface area contributed by atoms with Crippen molar-refractivity contribution in [3.05, 3.63) is 23.9 Å². The van der Waals surface area contributed by atoms with Gasteiger partial charge < -0.3 is 15.4 Å². The molecular formula is C11H12N4O2. The Labute approximate surface area is 97.4 Å². The Bertz CT molecular complexity index is 562. The fourth-order valence-corrected chi connectivity index (χ4v) is 1.63. The van der Waals surface area contributed by atoms with Gasteiger partial charge in [-0.25, -0.2) is 0 Å². The lowest BCUT2D eigenvalue weighted by molar-refractivity contribution is -0.107. The van der Waals surface area contributed by atoms with E-state index in [0.717, 1.165) is 16.6 Å². The van der Waals surface area contributed by atoms with Gasteiger partial charge in [0, 0.05) is 23.7 Å². The van der Waals surface area contributed by atoms with Crippen molar-refractivity contribution >= 4 is 28.8 Å². The first-order valence-electron chi connectivity index (χ1n) is 5.13. The van der Waals surface area contributed by atoms with E-state index >= 15 is 0 Å². The first-order valence-corrected chi connectivity index (χ1v) is 5.13. The van der Waals surface area contributed by atoms with Gasteiger partial charge in [-0.3, -0.25) is 9.89 Å². The van der Waals surface area contributed by atoms with Crippen LogP contribution < -0.4 is 10.6 Å². The normalized spacial score (nSPS) is 10.2. The van der Waals surface area contributed by atoms with Crippen molar-refractivity contribution in [3.63, 3.8) is 0 Å². The highest BCUT2D eigenvalue weighted by atomic mass is 16.2. The van der Waals surface area contributed by atoms with E-state index in [4.69, 9.17) is 0 Å². The number of rotatable bonds is 4. The maximum absolute atomic E-state index is 11.7. The van der Waals surface area contributed by atoms with E-state index in [9.17, 15) is 9.59 Å². The second-order valence-corrected chi connectivity index (χ2v) is 3.48. The number of nitrogens with zero attached hydrogens (tertiary/aromatic N) is 1. The Morgan fingerprint density at radius 1 is 1.53 bits per heavy atom. The van der Waals surface area contributed by atoms with Crippen LogP contribution in [0.3, 0.4) is 0 Å². The highest BCUT2D eigenvalue weighted by Crippen LogP contribution is 2.23. The number of fused-ring (bicyclic) bond motifs is 1. The molecule has 1 amide bonds. The number of carbonyl (C=O) groups is 2. The lowest BCUT2D eigenvalue weighted by Gasteiger charge is -2.06. The largest absolute Gasteiger partial charge is 0.388 e. The van der Waals surface area contributed by atoms with Crippen LogP contribution in [0.5, 0.6) is 0 Å². The predicted octanol–water partition coefficient (Wildman–Crippen LogP) is 0.533. The summed E-state index contributed by atoms with van der Waals surface area (Å²) in [6, 6.07) is 3.42. The Morgan fingerprint density at radius 2 is 2.35 bits per heavy atom. The second-order valence-electron chi connectivity index (χ2n) is 3.48. The van der Waals surface area contributed by atoms with E-state index in [2.05, 4.69) is 20.8 Å². The number of nitrogens with one attached hydrogen (secondary N) is 3. The van der Waals surface area contributed by atoms with Crippen LogP contribution in [0, 0.1) is 0 Å². The maximum Gasteiger partial charge on any atom is 0.251 e. The van der Waals surface area contributed by atoms with Gasteiger partial charge in [-0.05, 0) is 12.1 Å². The lowest BCUT2D eigenvalue weighted by atomic mass is 10.1. The molecule has 0 aliphatic heterocycles. The molecule has 1 heterocycles. The van der Waals surface area contributed by atoms with E-state index in [0.29, 0.717) is 11.8 Å². The van der Waals surface area contributed by atoms with Gasteiger partial charge in [0.1, 0.15) is 6.29 Å². The summed E-state index contributed by atoms with van der Waals surface area (Å²) < 4.78 is 0. The number of hydrogen-bond acceptors (Lipinski definition) is 4. The van der Waals surface area contributed by atoms with Crippen LogP contribution in [0.1, 0.15) is 10.4 Å². The summed E-state index contributed by atoms with van der Waals surface area (Å²) in [4.78, 5) is 21.9. The molecule has 2 aromatic rings. The van der Waals surface area contributed by atoms with Crippen LogP contribution in [0.4, 0.5) is 5.69 Å². The Kier molecular flexibility index (Phi) is 3.04. The van der Waals surface area contributed by atoms with Gasteiger partial charge >= 0.3 is 0 Å². The van der Waals surface area contributed by atoms with Crippen molar-refractivity contribution in [1.82, 2.24) is 15.5 Å². The molecule has 6 nitrogen and oxygen atoms in total. The molecular weight excluding hydrogens is 220 g/mol. The molecule has 3 N–H and O–H groups in total. The summed E-state index contributed by atoms with van der Waals surface area (Å²) in [6.07, 6.45) is 2.33. The molecule has 0 atom stereocenters. The van der Waals surface area contributed by atoms with Gasteiger partial charge in [0.2, 0.25) is 0 Å². The predicted molar refractivity (Wildman–Crippen MR) is 64.0 cm³/mol. The van der Waals surface area contributed by atoms with Gasteiger partial charge in [0.15, 0.2) is 0 Å². The number of aldehydes is 1. The molecule has 2 rings (SSSR count). The van der Waals surface area contributed by atoms with Crippen molar-refractivity contribution in [1.29, 1.82) is 0 Å². The molecule has 1 aromatic carbocycles. The molecule has 0 bridgehead atoms. The van der Waals surface area contributed by atoms with Crippen molar-refractivity contribution in [2.24, 2.45) is 0 Å². The second kappa shape index (κ2) is 4.65. The molecule has 0 aliphatic rings. The topological polar surface area (TPSA) is 86.9 Å². The maximum atomic E-state index is 11.7. The van der Waals surface area contributed by atoms with Gasteiger partial charge in [-0.1, -0.05) is 0 Å². The quantitative estimate of drug-likeness (QED) is 0.671. The van der Waals surface area contributed by atoms with E-state index in [1.165, 1.54) is 0 Å². The fourth-order valence-electron chi connectivity index (χ4n) is 1.63. The van der Waals surface area contributed by atoms with Crippen LogP contribution in [-0.2, 0) is 4.79 Å². The standard InChI is InChI=1S/C11H12N4O2/c1-12-9-4-7(11(17)13-2-3-16)5-10-8(9)6-14-15-10/h3-6,12H,2H2,1H3,(H,13,17)(H,14,15). The number of benzene rings is 1. The molecule has 0 unspecified atom stereocenters. The number of amides is 1. The first kappa shape index (κ1) is 11.1. The minimum absolute atomic E-state index is 0.00866. The van der Waals surface area contributed by atoms with Crippen LogP contribution in [0.15, 0.2) is 18.3 Å². The lowest BCUT2D eigenvalue weighted by Crippen LogP contribution is -2.25. The summed E-state index contributed by atoms with van der Waals surface area (Å²) in [5.74, 6) is -0.287. The van der Waals surface area contributed by atoms with Crippen LogP contribution in [0.25, 0.3) is 10.9 Å². The number of carbonyl (C=O) groups excluding carboxylic acids is 2. The smallest absolute Gasteiger partial charge is 0.251 e. The van der Waals surface area contributed by atoms with Gasteiger partial charge in [-0.2, -0.15) is 5.10 Å². The minimum Gasteiger partial charge on any atom is -0.388 e. The highest BCUT2D eigenvalue weighted by Gasteiger charge is 2.10. The number of aromatic amines is 1. The Hall–Kier alpha value is -2.37. The van der Waals surface area contributed by atoms with E-state index < -0.39 is 0 Å². The third-order valence-electron chi connectivity index (χ3n) is 2.44. The molecule has 0 spiro atoms. The number of hydrogen-bond donors (Lipinski definition) is 3. The molecule has 88 valence electrons. The summed E-state index contributed by atoms with van der Waals surface area (Å²) in [5, 5.41) is 13.1. The van der Waals surface area contributed by atoms with E-state index in [1.807, 2.05) is 0 Å². The van der Waals surface area contributed by atoms with E-state index in [1.54, 1.807) is 25.4 Å². The van der Waals surface area contributed by atoms with Crippen molar-refractivity contribution in [2.75, 3.05) is 18.9 Å². The molecule has 0 saturated carbocycles. The summed E-state index contributed by atoms with van der Waals surface area (Å²) >= 11 is 0. The highest BCUT2D eigenvalue weighted by molar-refractivity contribution is 6.02. The van der Waals surface area contributed by atoms with Gasteiger partial charge in [-0.15, -0.1) is 0 Å². The van der Waals surface area contributed by atoms with E-state index in [-0.39, 0.29) is 12.5 Å². The molecule has 1 aromatic heterocycles. The molecule has 6 heteroatoms. The Balaban J connectivity index is 2.40. The van der Waals surface area contributed by atoms with Crippen molar-refractivity contribution < 1.29 is 9.59 Å². The molecule has 0 radical (unpaired) electrons. The molecule has 17 heavy (non-hydrogen) atoms. The zero-order chi connectivity index (χ0) is 12.3. The average molecular weight is 232 g/mol. The van der Waals surface area contributed by atoms with Crippen LogP contribution in [0.2, 0.25) is 0 Å². The summed E-state index contributed by atoms with van der Waals surface area (Å²) in [6.45, 7) is 0.00866. The number of H-pyrrole nitrogens is 1. The Morgan fingerprint density at radius 3 is 3.06 bits per heavy atom. The van der Waals surface area contributed by atoms with Crippen molar-refractivity contribution in [2.45, 2.75) is 0 Å². The van der Waals surface area contributed by atoms with Gasteiger partial charge in [0.05, 0.1) is 18.3 Å². The fraction of sp³-hybridized carbons (Fsp3) is 0.182. The number of aromatic nitrogens is 2. The molecule has 0 fully saturated rings. The molecule has 0 saturated heterocycles. The minimum atomic E-state index is -0.287. The van der Waals surface area contributed by atoms with Crippen molar-refractivity contribution in [3.8, 4) is 0 Å². The molecule has 0 aliphatic carbocycles. The zero-order valence-corrected chi connectivity index (χ0v) is 9.28. The first-order chi connectivity index (χ1) is 8.26. The number of anilines is 1. The third kappa shape index (κ3) is 2.10. The summed E-state index contributed by atoms with van der Waals surface area (Å²) in [5.41, 5.74) is 2.06. The average Bonchev–Trinajstić information content (AvgIpc) is 2.82. The van der Waals surface area contributed by atoms with Gasteiger partial charge in [0.25, 0.3) is 5.91 Å². The monoisotopic (exact) mass is 232 g/mol.